The SMILES string of the molecule is Cc1ccc(-n2nnnc2SCc2ccc3c(c2)OCO3)cc1C. The van der Waals surface area contributed by atoms with E-state index >= 15 is 0 Å². The van der Waals surface area contributed by atoms with Gasteiger partial charge in [-0.25, -0.2) is 0 Å². The van der Waals surface area contributed by atoms with E-state index in [0.29, 0.717) is 0 Å². The van der Waals surface area contributed by atoms with Crippen molar-refractivity contribution in [2.75, 3.05) is 6.79 Å². The third-order valence-corrected chi connectivity index (χ3v) is 4.97. The van der Waals surface area contributed by atoms with Gasteiger partial charge in [-0.15, -0.1) is 5.10 Å². The van der Waals surface area contributed by atoms with Gasteiger partial charge in [-0.2, -0.15) is 4.68 Å². The molecule has 0 aliphatic carbocycles. The van der Waals surface area contributed by atoms with E-state index in [2.05, 4.69) is 41.5 Å². The summed E-state index contributed by atoms with van der Waals surface area (Å²) in [5.41, 5.74) is 4.58. The number of aromatic nitrogens is 4. The maximum atomic E-state index is 5.42. The number of thioether (sulfide) groups is 1. The molecule has 24 heavy (non-hydrogen) atoms. The van der Waals surface area contributed by atoms with Gasteiger partial charge in [0, 0.05) is 5.75 Å². The molecule has 0 saturated carbocycles. The maximum absolute atomic E-state index is 5.42. The summed E-state index contributed by atoms with van der Waals surface area (Å²) in [6.45, 7) is 4.47. The number of ether oxygens (including phenoxy) is 2. The first-order valence-electron chi connectivity index (χ1n) is 7.58. The van der Waals surface area contributed by atoms with Crippen LogP contribution in [-0.2, 0) is 5.75 Å². The molecule has 0 spiro atoms. The van der Waals surface area contributed by atoms with Crippen LogP contribution in [0.5, 0.6) is 11.5 Å². The van der Waals surface area contributed by atoms with E-state index in [1.54, 1.807) is 16.4 Å². The zero-order valence-corrected chi connectivity index (χ0v) is 14.2. The molecule has 1 aliphatic rings. The van der Waals surface area contributed by atoms with Crippen LogP contribution in [0.25, 0.3) is 5.69 Å². The van der Waals surface area contributed by atoms with E-state index in [4.69, 9.17) is 9.47 Å². The van der Waals surface area contributed by atoms with Crippen LogP contribution in [0.1, 0.15) is 16.7 Å². The van der Waals surface area contributed by atoms with Crippen LogP contribution in [0, 0.1) is 13.8 Å². The van der Waals surface area contributed by atoms with Gasteiger partial charge in [0.1, 0.15) is 0 Å². The second kappa shape index (κ2) is 6.16. The number of nitrogens with zero attached hydrogens (tertiary/aromatic N) is 4. The molecule has 0 saturated heterocycles. The molecular formula is C17H16N4O2S. The monoisotopic (exact) mass is 340 g/mol. The fraction of sp³-hybridized carbons (Fsp3) is 0.235. The number of aryl methyl sites for hydroxylation is 2. The van der Waals surface area contributed by atoms with Crippen molar-refractivity contribution >= 4 is 11.8 Å². The summed E-state index contributed by atoms with van der Waals surface area (Å²) >= 11 is 1.59. The van der Waals surface area contributed by atoms with Gasteiger partial charge in [-0.3, -0.25) is 0 Å². The van der Waals surface area contributed by atoms with Crippen LogP contribution >= 0.6 is 11.8 Å². The quantitative estimate of drug-likeness (QED) is 0.679. The lowest BCUT2D eigenvalue weighted by atomic mass is 10.1. The first-order valence-corrected chi connectivity index (χ1v) is 8.56. The normalized spacial score (nSPS) is 12.6. The topological polar surface area (TPSA) is 62.1 Å². The molecule has 122 valence electrons. The van der Waals surface area contributed by atoms with Crippen LogP contribution < -0.4 is 9.47 Å². The lowest BCUT2D eigenvalue weighted by molar-refractivity contribution is 0.174. The van der Waals surface area contributed by atoms with Crippen molar-refractivity contribution in [3.8, 4) is 17.2 Å². The largest absolute Gasteiger partial charge is 0.454 e. The van der Waals surface area contributed by atoms with Crippen molar-refractivity contribution in [2.45, 2.75) is 24.8 Å². The summed E-state index contributed by atoms with van der Waals surface area (Å²) in [6, 6.07) is 12.2. The summed E-state index contributed by atoms with van der Waals surface area (Å²) in [5.74, 6) is 2.34. The molecule has 3 aromatic rings. The van der Waals surface area contributed by atoms with Crippen molar-refractivity contribution < 1.29 is 9.47 Å². The summed E-state index contributed by atoms with van der Waals surface area (Å²) in [4.78, 5) is 0. The average Bonchev–Trinajstić information content (AvgIpc) is 3.23. The molecule has 1 aromatic heterocycles. The molecule has 0 fully saturated rings. The van der Waals surface area contributed by atoms with Crippen LogP contribution in [0.2, 0.25) is 0 Å². The van der Waals surface area contributed by atoms with Crippen molar-refractivity contribution in [3.63, 3.8) is 0 Å². The summed E-state index contributed by atoms with van der Waals surface area (Å²) < 4.78 is 12.5. The molecule has 0 bridgehead atoms. The molecule has 0 unspecified atom stereocenters. The molecule has 0 atom stereocenters. The highest BCUT2D eigenvalue weighted by molar-refractivity contribution is 7.98. The van der Waals surface area contributed by atoms with Crippen molar-refractivity contribution in [1.82, 2.24) is 20.2 Å². The second-order valence-electron chi connectivity index (χ2n) is 5.62. The van der Waals surface area contributed by atoms with Gasteiger partial charge < -0.3 is 9.47 Å². The van der Waals surface area contributed by atoms with E-state index in [-0.39, 0.29) is 6.79 Å². The minimum absolute atomic E-state index is 0.289. The Morgan fingerprint density at radius 1 is 1.04 bits per heavy atom. The molecule has 6 nitrogen and oxygen atoms in total. The predicted octanol–water partition coefficient (Wildman–Crippen LogP) is 3.30. The number of hydrogen-bond acceptors (Lipinski definition) is 6. The molecule has 0 radical (unpaired) electrons. The van der Waals surface area contributed by atoms with Gasteiger partial charge in [0.25, 0.3) is 0 Å². The zero-order valence-electron chi connectivity index (χ0n) is 13.4. The Bertz CT molecular complexity index is 894. The fourth-order valence-electron chi connectivity index (χ4n) is 2.47. The van der Waals surface area contributed by atoms with Gasteiger partial charge >= 0.3 is 0 Å². The third kappa shape index (κ3) is 2.82. The molecule has 1 aliphatic heterocycles. The third-order valence-electron chi connectivity index (χ3n) is 3.98. The minimum atomic E-state index is 0.289. The Hall–Kier alpha value is -2.54. The number of rotatable bonds is 4. The highest BCUT2D eigenvalue weighted by Crippen LogP contribution is 2.34. The first-order chi connectivity index (χ1) is 11.7. The van der Waals surface area contributed by atoms with Crippen LogP contribution in [0.3, 0.4) is 0 Å². The van der Waals surface area contributed by atoms with Gasteiger partial charge in [-0.1, -0.05) is 23.9 Å². The second-order valence-corrected chi connectivity index (χ2v) is 6.56. The molecule has 7 heteroatoms. The smallest absolute Gasteiger partial charge is 0.231 e. The van der Waals surface area contributed by atoms with Crippen LogP contribution in [-0.4, -0.2) is 27.0 Å². The lowest BCUT2D eigenvalue weighted by Crippen LogP contribution is -2.00. The molecule has 2 heterocycles. The van der Waals surface area contributed by atoms with Gasteiger partial charge in [-0.05, 0) is 65.2 Å². The minimum Gasteiger partial charge on any atom is -0.454 e. The number of fused-ring (bicyclic) bond motifs is 1. The molecular weight excluding hydrogens is 324 g/mol. The first kappa shape index (κ1) is 15.0. The summed E-state index contributed by atoms with van der Waals surface area (Å²) in [7, 11) is 0. The number of hydrogen-bond donors (Lipinski definition) is 0. The van der Waals surface area contributed by atoms with E-state index < -0.39 is 0 Å². The van der Waals surface area contributed by atoms with E-state index in [1.165, 1.54) is 11.1 Å². The van der Waals surface area contributed by atoms with Gasteiger partial charge in [0.15, 0.2) is 11.5 Å². The van der Waals surface area contributed by atoms with Crippen LogP contribution in [0.15, 0.2) is 41.6 Å². The Balaban J connectivity index is 1.54. The van der Waals surface area contributed by atoms with E-state index in [9.17, 15) is 0 Å². The number of benzene rings is 2. The summed E-state index contributed by atoms with van der Waals surface area (Å²) in [6.07, 6.45) is 0. The van der Waals surface area contributed by atoms with E-state index in [1.807, 2.05) is 24.3 Å². The Morgan fingerprint density at radius 2 is 1.92 bits per heavy atom. The van der Waals surface area contributed by atoms with Crippen LogP contribution in [0.4, 0.5) is 0 Å². The predicted molar refractivity (Wildman–Crippen MR) is 90.8 cm³/mol. The molecule has 2 aromatic carbocycles. The molecule has 4 rings (SSSR count). The van der Waals surface area contributed by atoms with Crippen molar-refractivity contribution in [3.05, 3.63) is 53.1 Å². The highest BCUT2D eigenvalue weighted by atomic mass is 32.2. The van der Waals surface area contributed by atoms with Gasteiger partial charge in [0.05, 0.1) is 5.69 Å². The Morgan fingerprint density at radius 3 is 2.79 bits per heavy atom. The number of tetrazole rings is 1. The highest BCUT2D eigenvalue weighted by Gasteiger charge is 2.14. The molecule has 0 amide bonds. The average molecular weight is 340 g/mol. The maximum Gasteiger partial charge on any atom is 0.231 e. The van der Waals surface area contributed by atoms with Gasteiger partial charge in [0.2, 0.25) is 11.9 Å². The lowest BCUT2D eigenvalue weighted by Gasteiger charge is -2.07. The standard InChI is InChI=1S/C17H16N4O2S/c1-11-3-5-14(7-12(11)2)21-17(18-19-20-21)24-9-13-4-6-15-16(8-13)23-10-22-15/h3-8H,9-10H2,1-2H3. The fourth-order valence-corrected chi connectivity index (χ4v) is 3.30. The van der Waals surface area contributed by atoms with Crippen molar-refractivity contribution in [1.29, 1.82) is 0 Å². The Labute approximate surface area is 143 Å². The van der Waals surface area contributed by atoms with Crippen molar-refractivity contribution in [2.24, 2.45) is 0 Å². The Kier molecular flexibility index (Phi) is 3.86. The van der Waals surface area contributed by atoms with E-state index in [0.717, 1.165) is 33.7 Å². The molecule has 0 N–H and O–H groups in total. The summed E-state index contributed by atoms with van der Waals surface area (Å²) in [5, 5.41) is 12.8. The zero-order chi connectivity index (χ0) is 16.5.